The molecule has 1 aromatic heterocycles. The van der Waals surface area contributed by atoms with Gasteiger partial charge in [0.05, 0.1) is 6.61 Å². The van der Waals surface area contributed by atoms with Gasteiger partial charge in [0.15, 0.2) is 11.5 Å². The van der Waals surface area contributed by atoms with Gasteiger partial charge in [-0.15, -0.1) is 5.10 Å². The van der Waals surface area contributed by atoms with Crippen LogP contribution >= 0.6 is 39.3 Å². The van der Waals surface area contributed by atoms with Crippen molar-refractivity contribution in [2.75, 3.05) is 18.9 Å². The van der Waals surface area contributed by atoms with Crippen LogP contribution in [0.4, 0.5) is 0 Å². The van der Waals surface area contributed by atoms with Crippen LogP contribution in [-0.4, -0.2) is 39.1 Å². The molecule has 0 spiro atoms. The van der Waals surface area contributed by atoms with E-state index in [1.165, 1.54) is 0 Å². The lowest BCUT2D eigenvalue weighted by molar-refractivity contribution is 0.269. The first-order valence-corrected chi connectivity index (χ1v) is 11.6. The molecule has 0 bridgehead atoms. The predicted octanol–water partition coefficient (Wildman–Crippen LogP) is 4.49. The van der Waals surface area contributed by atoms with Crippen LogP contribution in [0.2, 0.25) is 5.02 Å². The van der Waals surface area contributed by atoms with Crippen molar-refractivity contribution in [3.8, 4) is 11.5 Å². The van der Waals surface area contributed by atoms with Gasteiger partial charge < -0.3 is 14.8 Å². The molecular weight excluding hydrogens is 490 g/mol. The van der Waals surface area contributed by atoms with Crippen molar-refractivity contribution >= 4 is 39.3 Å². The summed E-state index contributed by atoms with van der Waals surface area (Å²) in [4.78, 5) is 0. The first kappa shape index (κ1) is 22.9. The van der Waals surface area contributed by atoms with Gasteiger partial charge in [0.25, 0.3) is 0 Å². The highest BCUT2D eigenvalue weighted by molar-refractivity contribution is 9.10. The summed E-state index contributed by atoms with van der Waals surface area (Å²) in [5.41, 5.74) is 2.10. The van der Waals surface area contributed by atoms with Crippen molar-refractivity contribution < 1.29 is 9.47 Å². The van der Waals surface area contributed by atoms with Crippen molar-refractivity contribution in [1.82, 2.24) is 25.5 Å². The van der Waals surface area contributed by atoms with Gasteiger partial charge in [-0.1, -0.05) is 51.4 Å². The van der Waals surface area contributed by atoms with E-state index in [0.29, 0.717) is 30.5 Å². The molecule has 3 aromatic rings. The Hall–Kier alpha value is -1.81. The van der Waals surface area contributed by atoms with Gasteiger partial charge in [-0.25, -0.2) is 4.68 Å². The van der Waals surface area contributed by atoms with E-state index in [1.807, 2.05) is 50.4 Å². The molecule has 160 valence electrons. The Labute approximate surface area is 193 Å². The predicted molar refractivity (Wildman–Crippen MR) is 122 cm³/mol. The van der Waals surface area contributed by atoms with Crippen molar-refractivity contribution in [3.05, 3.63) is 57.0 Å². The van der Waals surface area contributed by atoms with E-state index >= 15 is 0 Å². The van der Waals surface area contributed by atoms with Crippen molar-refractivity contribution in [2.24, 2.45) is 7.05 Å². The van der Waals surface area contributed by atoms with Gasteiger partial charge in [-0.05, 0) is 52.7 Å². The zero-order valence-electron chi connectivity index (χ0n) is 16.8. The minimum absolute atomic E-state index is 0.415. The molecule has 0 unspecified atom stereocenters. The van der Waals surface area contributed by atoms with Gasteiger partial charge in [0.1, 0.15) is 6.61 Å². The minimum Gasteiger partial charge on any atom is -0.490 e. The number of ether oxygens (including phenoxy) is 2. The molecule has 0 aliphatic carbocycles. The molecule has 30 heavy (non-hydrogen) atoms. The van der Waals surface area contributed by atoms with Crippen LogP contribution in [0, 0.1) is 0 Å². The molecule has 0 amide bonds. The highest BCUT2D eigenvalue weighted by atomic mass is 79.9. The Bertz CT molecular complexity index is 972. The van der Waals surface area contributed by atoms with Gasteiger partial charge >= 0.3 is 0 Å². The molecule has 1 N–H and O–H groups in total. The molecule has 2 aromatic carbocycles. The number of hydrogen-bond acceptors (Lipinski definition) is 7. The molecule has 1 heterocycles. The average Bonchev–Trinajstić information content (AvgIpc) is 3.13. The molecular formula is C20H23BrClN5O2S. The number of benzene rings is 2. The molecule has 0 aliphatic rings. The maximum Gasteiger partial charge on any atom is 0.209 e. The Balaban J connectivity index is 1.57. The van der Waals surface area contributed by atoms with Crippen LogP contribution in [0.1, 0.15) is 18.1 Å². The number of aromatic nitrogens is 4. The Morgan fingerprint density at radius 1 is 1.20 bits per heavy atom. The van der Waals surface area contributed by atoms with Gasteiger partial charge in [-0.2, -0.15) is 0 Å². The van der Waals surface area contributed by atoms with E-state index in [4.69, 9.17) is 21.1 Å². The molecule has 10 heteroatoms. The van der Waals surface area contributed by atoms with Crippen molar-refractivity contribution in [1.29, 1.82) is 0 Å². The number of rotatable bonds is 11. The van der Waals surface area contributed by atoms with E-state index in [2.05, 4.69) is 36.8 Å². The van der Waals surface area contributed by atoms with E-state index in [0.717, 1.165) is 38.8 Å². The largest absolute Gasteiger partial charge is 0.490 e. The molecule has 0 aliphatic heterocycles. The van der Waals surface area contributed by atoms with Crippen LogP contribution in [0.15, 0.2) is 46.0 Å². The number of nitrogens with one attached hydrogen (secondary N) is 1. The fourth-order valence-electron chi connectivity index (χ4n) is 2.66. The number of aryl methyl sites for hydroxylation is 1. The fraction of sp³-hybridized carbons (Fsp3) is 0.350. The number of hydrogen-bond donors (Lipinski definition) is 1. The monoisotopic (exact) mass is 511 g/mol. The highest BCUT2D eigenvalue weighted by Crippen LogP contribution is 2.34. The van der Waals surface area contributed by atoms with Gasteiger partial charge in [0.2, 0.25) is 5.16 Å². The van der Waals surface area contributed by atoms with Gasteiger partial charge in [-0.3, -0.25) is 0 Å². The number of halogens is 2. The summed E-state index contributed by atoms with van der Waals surface area (Å²) >= 11 is 11.3. The highest BCUT2D eigenvalue weighted by Gasteiger charge is 2.12. The summed E-state index contributed by atoms with van der Waals surface area (Å²) in [5, 5.41) is 16.4. The lowest BCUT2D eigenvalue weighted by Crippen LogP contribution is -2.17. The maximum absolute atomic E-state index is 6.05. The average molecular weight is 513 g/mol. The summed E-state index contributed by atoms with van der Waals surface area (Å²) in [6.07, 6.45) is 0. The summed E-state index contributed by atoms with van der Waals surface area (Å²) in [6.45, 7) is 4.45. The molecule has 7 nitrogen and oxygen atoms in total. The molecule has 0 radical (unpaired) electrons. The minimum atomic E-state index is 0.415. The lowest BCUT2D eigenvalue weighted by Gasteiger charge is -2.15. The first-order valence-electron chi connectivity index (χ1n) is 9.45. The van der Waals surface area contributed by atoms with Gasteiger partial charge in [0, 0.05) is 35.4 Å². The number of tetrazole rings is 1. The van der Waals surface area contributed by atoms with E-state index in [1.54, 1.807) is 16.4 Å². The third kappa shape index (κ3) is 6.60. The van der Waals surface area contributed by atoms with Crippen molar-refractivity contribution in [3.63, 3.8) is 0 Å². The lowest BCUT2D eigenvalue weighted by atomic mass is 10.2. The Morgan fingerprint density at radius 3 is 2.77 bits per heavy atom. The maximum atomic E-state index is 6.05. The van der Waals surface area contributed by atoms with Crippen LogP contribution in [-0.2, 0) is 20.2 Å². The van der Waals surface area contributed by atoms with Crippen molar-refractivity contribution in [2.45, 2.75) is 25.2 Å². The van der Waals surface area contributed by atoms with Crippen LogP contribution < -0.4 is 14.8 Å². The van der Waals surface area contributed by atoms with Crippen LogP contribution in [0.25, 0.3) is 0 Å². The van der Waals surface area contributed by atoms with Crippen LogP contribution in [0.5, 0.6) is 11.5 Å². The number of nitrogens with zero attached hydrogens (tertiary/aromatic N) is 4. The first-order chi connectivity index (χ1) is 14.6. The van der Waals surface area contributed by atoms with Crippen LogP contribution in [0.3, 0.4) is 0 Å². The third-order valence-electron chi connectivity index (χ3n) is 4.10. The molecule has 3 rings (SSSR count). The summed E-state index contributed by atoms with van der Waals surface area (Å²) in [6, 6.07) is 11.6. The van der Waals surface area contributed by atoms with E-state index in [-0.39, 0.29) is 0 Å². The normalized spacial score (nSPS) is 10.9. The summed E-state index contributed by atoms with van der Waals surface area (Å²) < 4.78 is 14.4. The second-order valence-corrected chi connectivity index (χ2v) is 8.71. The third-order valence-corrected chi connectivity index (χ3v) is 6.09. The summed E-state index contributed by atoms with van der Waals surface area (Å²) in [5.74, 6) is 2.28. The topological polar surface area (TPSA) is 74.1 Å². The fourth-order valence-corrected chi connectivity index (χ4v) is 4.08. The zero-order valence-corrected chi connectivity index (χ0v) is 19.9. The Kier molecular flexibility index (Phi) is 8.80. The zero-order chi connectivity index (χ0) is 21.3. The quantitative estimate of drug-likeness (QED) is 0.300. The standard InChI is InChI=1S/C20H23BrClN5O2S/c1-3-28-18-10-15(12-23-7-8-30-20-24-25-26-27(20)2)17(21)11-19(18)29-13-14-5-4-6-16(22)9-14/h4-6,9-11,23H,3,7-8,12-13H2,1-2H3. The molecule has 0 saturated carbocycles. The molecule has 0 saturated heterocycles. The SMILES string of the molecule is CCOc1cc(CNCCSc2nnnn2C)c(Br)cc1OCc1cccc(Cl)c1. The molecule has 0 atom stereocenters. The molecule has 0 fully saturated rings. The Morgan fingerprint density at radius 2 is 2.03 bits per heavy atom. The summed E-state index contributed by atoms with van der Waals surface area (Å²) in [7, 11) is 1.83. The second kappa shape index (κ2) is 11.5. The van der Waals surface area contributed by atoms with E-state index in [9.17, 15) is 0 Å². The number of thioether (sulfide) groups is 1. The van der Waals surface area contributed by atoms with E-state index < -0.39 is 0 Å². The smallest absolute Gasteiger partial charge is 0.209 e. The second-order valence-electron chi connectivity index (χ2n) is 6.35.